The maximum absolute atomic E-state index is 10.9. The number of nitrogens with zero attached hydrogens (tertiary/aromatic N) is 2. The first kappa shape index (κ1) is 11.5. The molecular formula is C13H14N2O2S. The molecule has 1 atom stereocenters. The van der Waals surface area contributed by atoms with Gasteiger partial charge in [0.15, 0.2) is 0 Å². The third kappa shape index (κ3) is 1.95. The molecule has 0 aromatic carbocycles. The Hall–Kier alpha value is -1.62. The Kier molecular flexibility index (Phi) is 2.91. The summed E-state index contributed by atoms with van der Waals surface area (Å²) in [6.45, 7) is 0.903. The molecule has 0 aliphatic carbocycles. The van der Waals surface area contributed by atoms with Gasteiger partial charge >= 0.3 is 5.97 Å². The highest BCUT2D eigenvalue weighted by Gasteiger charge is 2.28. The van der Waals surface area contributed by atoms with Gasteiger partial charge in [0.2, 0.25) is 0 Å². The normalized spacial score (nSPS) is 19.6. The van der Waals surface area contributed by atoms with Crippen LogP contribution in [0.1, 0.15) is 19.3 Å². The van der Waals surface area contributed by atoms with Crippen molar-refractivity contribution in [2.75, 3.05) is 11.4 Å². The molecule has 0 spiro atoms. The van der Waals surface area contributed by atoms with Crippen molar-refractivity contribution in [3.8, 4) is 0 Å². The average molecular weight is 262 g/mol. The first-order chi connectivity index (χ1) is 8.75. The Labute approximate surface area is 109 Å². The molecule has 0 radical (unpaired) electrons. The van der Waals surface area contributed by atoms with Crippen LogP contribution >= 0.6 is 11.3 Å². The Balaban J connectivity index is 1.98. The van der Waals surface area contributed by atoms with Crippen LogP contribution in [0.15, 0.2) is 23.7 Å². The van der Waals surface area contributed by atoms with Gasteiger partial charge in [-0.05, 0) is 30.4 Å². The van der Waals surface area contributed by atoms with Crippen molar-refractivity contribution in [2.24, 2.45) is 0 Å². The van der Waals surface area contributed by atoms with E-state index in [2.05, 4.69) is 21.3 Å². The molecule has 0 bridgehead atoms. The molecule has 5 heteroatoms. The van der Waals surface area contributed by atoms with Gasteiger partial charge in [-0.1, -0.05) is 0 Å². The lowest BCUT2D eigenvalue weighted by atomic mass is 10.1. The molecule has 94 valence electrons. The molecule has 1 aliphatic rings. The van der Waals surface area contributed by atoms with E-state index in [1.165, 1.54) is 4.70 Å². The number of hydrogen-bond acceptors (Lipinski definition) is 4. The molecular weight excluding hydrogens is 248 g/mol. The quantitative estimate of drug-likeness (QED) is 0.924. The molecule has 3 heterocycles. The zero-order chi connectivity index (χ0) is 12.5. The molecule has 0 amide bonds. The van der Waals surface area contributed by atoms with E-state index >= 15 is 0 Å². The highest BCUT2D eigenvalue weighted by Crippen LogP contribution is 2.33. The molecule has 3 rings (SSSR count). The van der Waals surface area contributed by atoms with E-state index < -0.39 is 5.97 Å². The monoisotopic (exact) mass is 262 g/mol. The minimum absolute atomic E-state index is 0.0838. The van der Waals surface area contributed by atoms with Crippen LogP contribution in [-0.4, -0.2) is 28.6 Å². The van der Waals surface area contributed by atoms with Crippen molar-refractivity contribution in [2.45, 2.75) is 25.3 Å². The van der Waals surface area contributed by atoms with Crippen molar-refractivity contribution < 1.29 is 9.90 Å². The minimum Gasteiger partial charge on any atom is -0.481 e. The van der Waals surface area contributed by atoms with Crippen LogP contribution in [0.25, 0.3) is 10.1 Å². The summed E-state index contributed by atoms with van der Waals surface area (Å²) in [5.41, 5.74) is 0. The largest absolute Gasteiger partial charge is 0.481 e. The molecule has 18 heavy (non-hydrogen) atoms. The van der Waals surface area contributed by atoms with Crippen molar-refractivity contribution in [1.29, 1.82) is 0 Å². The van der Waals surface area contributed by atoms with E-state index in [9.17, 15) is 4.79 Å². The predicted molar refractivity (Wildman–Crippen MR) is 72.2 cm³/mol. The van der Waals surface area contributed by atoms with E-state index in [0.29, 0.717) is 0 Å². The summed E-state index contributed by atoms with van der Waals surface area (Å²) in [6, 6.07) is 4.16. The van der Waals surface area contributed by atoms with E-state index in [1.807, 2.05) is 12.3 Å². The number of thiophene rings is 1. The zero-order valence-corrected chi connectivity index (χ0v) is 10.7. The predicted octanol–water partition coefficient (Wildman–Crippen LogP) is 2.74. The van der Waals surface area contributed by atoms with E-state index in [4.69, 9.17) is 5.11 Å². The number of carboxylic acids is 1. The third-order valence-corrected chi connectivity index (χ3v) is 4.30. The van der Waals surface area contributed by atoms with Gasteiger partial charge in [0.05, 0.1) is 6.42 Å². The van der Waals surface area contributed by atoms with Crippen LogP contribution < -0.4 is 4.90 Å². The second kappa shape index (κ2) is 4.57. The van der Waals surface area contributed by atoms with Crippen LogP contribution in [0, 0.1) is 0 Å². The molecule has 1 fully saturated rings. The molecule has 1 N–H and O–H groups in total. The van der Waals surface area contributed by atoms with Crippen LogP contribution in [0.3, 0.4) is 0 Å². The van der Waals surface area contributed by atoms with Crippen LogP contribution in [0.2, 0.25) is 0 Å². The van der Waals surface area contributed by atoms with Gasteiger partial charge < -0.3 is 10.0 Å². The summed E-state index contributed by atoms with van der Waals surface area (Å²) in [5, 5.41) is 12.2. The number of aromatic nitrogens is 1. The summed E-state index contributed by atoms with van der Waals surface area (Å²) in [6.07, 6.45) is 3.99. The Morgan fingerprint density at radius 3 is 3.28 bits per heavy atom. The lowest BCUT2D eigenvalue weighted by molar-refractivity contribution is -0.137. The fourth-order valence-corrected chi connectivity index (χ4v) is 3.41. The third-order valence-electron chi connectivity index (χ3n) is 3.42. The summed E-state index contributed by atoms with van der Waals surface area (Å²) < 4.78 is 1.21. The number of aliphatic carboxylic acids is 1. The highest BCUT2D eigenvalue weighted by atomic mass is 32.1. The second-order valence-electron chi connectivity index (χ2n) is 4.55. The van der Waals surface area contributed by atoms with Crippen molar-refractivity contribution in [1.82, 2.24) is 4.98 Å². The standard InChI is InChI=1S/C13H14N2O2S/c16-12(17)8-9-2-1-6-15(9)13-10-4-7-18-11(10)3-5-14-13/h3-5,7,9H,1-2,6,8H2,(H,16,17). The maximum atomic E-state index is 10.9. The first-order valence-electron chi connectivity index (χ1n) is 6.06. The summed E-state index contributed by atoms with van der Waals surface area (Å²) >= 11 is 1.69. The summed E-state index contributed by atoms with van der Waals surface area (Å²) in [4.78, 5) is 17.5. The van der Waals surface area contributed by atoms with Crippen molar-refractivity contribution in [3.05, 3.63) is 23.7 Å². The van der Waals surface area contributed by atoms with Gasteiger partial charge in [0.25, 0.3) is 0 Å². The Bertz CT molecular complexity index is 581. The van der Waals surface area contributed by atoms with Gasteiger partial charge in [0, 0.05) is 28.9 Å². The highest BCUT2D eigenvalue weighted by molar-refractivity contribution is 7.17. The van der Waals surface area contributed by atoms with E-state index in [-0.39, 0.29) is 12.5 Å². The molecule has 2 aromatic heterocycles. The SMILES string of the molecule is O=C(O)CC1CCCN1c1nccc2sccc12. The number of pyridine rings is 1. The fraction of sp³-hybridized carbons (Fsp3) is 0.385. The minimum atomic E-state index is -0.732. The number of fused-ring (bicyclic) bond motifs is 1. The van der Waals surface area contributed by atoms with Crippen LogP contribution in [-0.2, 0) is 4.79 Å². The molecule has 1 unspecified atom stereocenters. The number of anilines is 1. The molecule has 0 saturated carbocycles. The Morgan fingerprint density at radius 1 is 1.56 bits per heavy atom. The number of carbonyl (C=O) groups is 1. The lowest BCUT2D eigenvalue weighted by Crippen LogP contribution is -2.31. The maximum Gasteiger partial charge on any atom is 0.305 e. The molecule has 4 nitrogen and oxygen atoms in total. The summed E-state index contributed by atoms with van der Waals surface area (Å²) in [5.74, 6) is 0.210. The second-order valence-corrected chi connectivity index (χ2v) is 5.50. The molecule has 1 aliphatic heterocycles. The van der Waals surface area contributed by atoms with E-state index in [0.717, 1.165) is 30.6 Å². The van der Waals surface area contributed by atoms with Gasteiger partial charge in [-0.15, -0.1) is 11.3 Å². The number of hydrogen-bond donors (Lipinski definition) is 1. The van der Waals surface area contributed by atoms with Gasteiger partial charge in [-0.3, -0.25) is 4.79 Å². The molecule has 2 aromatic rings. The average Bonchev–Trinajstić information content (AvgIpc) is 2.95. The molecule has 1 saturated heterocycles. The fourth-order valence-electron chi connectivity index (χ4n) is 2.64. The first-order valence-corrected chi connectivity index (χ1v) is 6.94. The Morgan fingerprint density at radius 2 is 2.44 bits per heavy atom. The smallest absolute Gasteiger partial charge is 0.305 e. The zero-order valence-electron chi connectivity index (χ0n) is 9.87. The number of carboxylic acid groups (broad SMARTS) is 1. The lowest BCUT2D eigenvalue weighted by Gasteiger charge is -2.25. The number of rotatable bonds is 3. The topological polar surface area (TPSA) is 53.4 Å². The van der Waals surface area contributed by atoms with E-state index in [1.54, 1.807) is 11.3 Å². The van der Waals surface area contributed by atoms with Crippen molar-refractivity contribution in [3.63, 3.8) is 0 Å². The van der Waals surface area contributed by atoms with Gasteiger partial charge in [-0.2, -0.15) is 0 Å². The van der Waals surface area contributed by atoms with Gasteiger partial charge in [0.1, 0.15) is 5.82 Å². The van der Waals surface area contributed by atoms with Crippen molar-refractivity contribution >= 4 is 33.2 Å². The van der Waals surface area contributed by atoms with Crippen LogP contribution in [0.5, 0.6) is 0 Å². The summed E-state index contributed by atoms with van der Waals surface area (Å²) in [7, 11) is 0. The van der Waals surface area contributed by atoms with Gasteiger partial charge in [-0.25, -0.2) is 4.98 Å². The van der Waals surface area contributed by atoms with Crippen LogP contribution in [0.4, 0.5) is 5.82 Å².